The number of likely N-dealkylation sites (tertiary alicyclic amines) is 1. The molecule has 1 amide bonds. The Bertz CT molecular complexity index is 887. The lowest BCUT2D eigenvalue weighted by Crippen LogP contribution is -2.28. The minimum atomic E-state index is 0.119. The van der Waals surface area contributed by atoms with Crippen molar-refractivity contribution < 1.29 is 4.79 Å². The van der Waals surface area contributed by atoms with Crippen LogP contribution < -0.4 is 0 Å². The van der Waals surface area contributed by atoms with Crippen molar-refractivity contribution in [3.63, 3.8) is 0 Å². The summed E-state index contributed by atoms with van der Waals surface area (Å²) in [7, 11) is 0. The first-order chi connectivity index (χ1) is 12.7. The number of benzene rings is 2. The van der Waals surface area contributed by atoms with E-state index in [-0.39, 0.29) is 5.91 Å². The van der Waals surface area contributed by atoms with Crippen LogP contribution in [0, 0.1) is 6.92 Å². The molecule has 0 saturated carbocycles. The van der Waals surface area contributed by atoms with Gasteiger partial charge in [-0.1, -0.05) is 36.4 Å². The van der Waals surface area contributed by atoms with Gasteiger partial charge < -0.3 is 4.90 Å². The summed E-state index contributed by atoms with van der Waals surface area (Å²) in [5.74, 6) is 0.556. The van der Waals surface area contributed by atoms with Crippen LogP contribution in [0.2, 0.25) is 0 Å². The van der Waals surface area contributed by atoms with E-state index in [9.17, 15) is 4.79 Å². The molecule has 0 N–H and O–H groups in total. The summed E-state index contributed by atoms with van der Waals surface area (Å²) in [5.41, 5.74) is 4.53. The second-order valence-corrected chi connectivity index (χ2v) is 6.88. The zero-order valence-electron chi connectivity index (χ0n) is 14.9. The predicted octanol–water partition coefficient (Wildman–Crippen LogP) is 3.26. The molecule has 0 bridgehead atoms. The van der Waals surface area contributed by atoms with Crippen molar-refractivity contribution in [2.75, 3.05) is 13.1 Å². The first-order valence-electron chi connectivity index (χ1n) is 8.97. The predicted molar refractivity (Wildman–Crippen MR) is 100 cm³/mol. The Morgan fingerprint density at radius 1 is 1.15 bits per heavy atom. The molecule has 2 heterocycles. The molecule has 1 saturated heterocycles. The van der Waals surface area contributed by atoms with E-state index in [0.717, 1.165) is 30.6 Å². The van der Waals surface area contributed by atoms with Gasteiger partial charge in [0.2, 0.25) is 0 Å². The monoisotopic (exact) mass is 346 g/mol. The number of amides is 1. The minimum absolute atomic E-state index is 0.119. The number of rotatable bonds is 4. The van der Waals surface area contributed by atoms with Gasteiger partial charge in [0.15, 0.2) is 0 Å². The maximum atomic E-state index is 12.8. The van der Waals surface area contributed by atoms with Crippen LogP contribution >= 0.6 is 0 Å². The molecule has 5 nitrogen and oxygen atoms in total. The van der Waals surface area contributed by atoms with Gasteiger partial charge in [0.25, 0.3) is 5.91 Å². The van der Waals surface area contributed by atoms with Crippen LogP contribution in [0.5, 0.6) is 0 Å². The highest BCUT2D eigenvalue weighted by molar-refractivity contribution is 5.94. The number of aromatic nitrogens is 3. The van der Waals surface area contributed by atoms with Crippen molar-refractivity contribution in [3.8, 4) is 0 Å². The van der Waals surface area contributed by atoms with E-state index in [1.54, 1.807) is 11.0 Å². The van der Waals surface area contributed by atoms with Crippen LogP contribution in [0.15, 0.2) is 61.2 Å². The highest BCUT2D eigenvalue weighted by Crippen LogP contribution is 2.30. The normalized spacial score (nSPS) is 16.8. The summed E-state index contributed by atoms with van der Waals surface area (Å²) in [6.45, 7) is 4.42. The van der Waals surface area contributed by atoms with E-state index in [4.69, 9.17) is 0 Å². The van der Waals surface area contributed by atoms with Crippen LogP contribution in [0.4, 0.5) is 0 Å². The molecule has 0 spiro atoms. The van der Waals surface area contributed by atoms with Gasteiger partial charge in [0, 0.05) is 24.6 Å². The Morgan fingerprint density at radius 3 is 2.69 bits per heavy atom. The van der Waals surface area contributed by atoms with E-state index in [2.05, 4.69) is 41.3 Å². The quantitative estimate of drug-likeness (QED) is 0.728. The van der Waals surface area contributed by atoms with Gasteiger partial charge in [-0.3, -0.25) is 4.79 Å². The van der Waals surface area contributed by atoms with Gasteiger partial charge in [0.1, 0.15) is 12.7 Å². The highest BCUT2D eigenvalue weighted by Gasteiger charge is 2.28. The van der Waals surface area contributed by atoms with E-state index < -0.39 is 0 Å². The highest BCUT2D eigenvalue weighted by atomic mass is 16.2. The molecule has 1 aliphatic rings. The van der Waals surface area contributed by atoms with Crippen LogP contribution in [-0.4, -0.2) is 38.7 Å². The van der Waals surface area contributed by atoms with Crippen LogP contribution in [0.3, 0.4) is 0 Å². The SMILES string of the molecule is Cc1ccccc1[C@@H]1CCN(C(=O)c2ccc(Cn3cncn3)cc2)C1. The lowest BCUT2D eigenvalue weighted by atomic mass is 9.94. The number of carbonyl (C=O) groups is 1. The Hall–Kier alpha value is -2.95. The molecule has 1 atom stereocenters. The molecule has 0 unspecified atom stereocenters. The Labute approximate surface area is 153 Å². The van der Waals surface area contributed by atoms with Gasteiger partial charge in [-0.2, -0.15) is 5.10 Å². The summed E-state index contributed by atoms with van der Waals surface area (Å²) in [4.78, 5) is 18.8. The van der Waals surface area contributed by atoms with Crippen molar-refractivity contribution in [3.05, 3.63) is 83.4 Å². The summed E-state index contributed by atoms with van der Waals surface area (Å²) in [6.07, 6.45) is 4.24. The van der Waals surface area contributed by atoms with Gasteiger partial charge in [0.05, 0.1) is 6.54 Å². The molecule has 3 aromatic rings. The van der Waals surface area contributed by atoms with Crippen molar-refractivity contribution in [1.29, 1.82) is 0 Å². The van der Waals surface area contributed by atoms with E-state index >= 15 is 0 Å². The van der Waals surface area contributed by atoms with Crippen molar-refractivity contribution >= 4 is 5.91 Å². The van der Waals surface area contributed by atoms with E-state index in [1.807, 2.05) is 29.2 Å². The maximum absolute atomic E-state index is 12.8. The zero-order valence-corrected chi connectivity index (χ0v) is 14.9. The van der Waals surface area contributed by atoms with Gasteiger partial charge in [-0.25, -0.2) is 9.67 Å². The molecule has 1 fully saturated rings. The Morgan fingerprint density at radius 2 is 1.96 bits per heavy atom. The Kier molecular flexibility index (Phi) is 4.52. The van der Waals surface area contributed by atoms with Crippen molar-refractivity contribution in [1.82, 2.24) is 19.7 Å². The summed E-state index contributed by atoms with van der Waals surface area (Å²) >= 11 is 0. The van der Waals surface area contributed by atoms with Gasteiger partial charge in [-0.15, -0.1) is 0 Å². The van der Waals surface area contributed by atoms with Crippen LogP contribution in [-0.2, 0) is 6.54 Å². The van der Waals surface area contributed by atoms with Gasteiger partial charge >= 0.3 is 0 Å². The molecule has 0 radical (unpaired) electrons. The number of carbonyl (C=O) groups excluding carboxylic acids is 1. The van der Waals surface area contributed by atoms with E-state index in [0.29, 0.717) is 12.5 Å². The second-order valence-electron chi connectivity index (χ2n) is 6.88. The van der Waals surface area contributed by atoms with E-state index in [1.165, 1.54) is 17.5 Å². The van der Waals surface area contributed by atoms with Gasteiger partial charge in [-0.05, 0) is 42.2 Å². The lowest BCUT2D eigenvalue weighted by molar-refractivity contribution is 0.0790. The second kappa shape index (κ2) is 7.12. The summed E-state index contributed by atoms with van der Waals surface area (Å²) in [5, 5.41) is 4.11. The first-order valence-corrected chi connectivity index (χ1v) is 8.97. The molecular weight excluding hydrogens is 324 g/mol. The molecule has 26 heavy (non-hydrogen) atoms. The third-order valence-electron chi connectivity index (χ3n) is 5.12. The third-order valence-corrected chi connectivity index (χ3v) is 5.12. The molecule has 2 aromatic carbocycles. The molecule has 1 aromatic heterocycles. The van der Waals surface area contributed by atoms with Crippen molar-refractivity contribution in [2.24, 2.45) is 0 Å². The molecule has 132 valence electrons. The van der Waals surface area contributed by atoms with Crippen molar-refractivity contribution in [2.45, 2.75) is 25.8 Å². The average Bonchev–Trinajstić information content (AvgIpc) is 3.34. The molecule has 5 heteroatoms. The van der Waals surface area contributed by atoms with Crippen LogP contribution in [0.1, 0.15) is 39.4 Å². The van der Waals surface area contributed by atoms with Crippen LogP contribution in [0.25, 0.3) is 0 Å². The Balaban J connectivity index is 1.42. The topological polar surface area (TPSA) is 51.0 Å². The summed E-state index contributed by atoms with van der Waals surface area (Å²) in [6, 6.07) is 16.3. The number of hydrogen-bond acceptors (Lipinski definition) is 3. The molecule has 0 aliphatic carbocycles. The minimum Gasteiger partial charge on any atom is -0.338 e. The number of nitrogens with zero attached hydrogens (tertiary/aromatic N) is 4. The lowest BCUT2D eigenvalue weighted by Gasteiger charge is -2.18. The molecule has 4 rings (SSSR count). The fourth-order valence-electron chi connectivity index (χ4n) is 3.68. The zero-order chi connectivity index (χ0) is 17.9. The fraction of sp³-hybridized carbons (Fsp3) is 0.286. The standard InChI is InChI=1S/C21H22N4O/c1-16-4-2-3-5-20(16)19-10-11-24(13-19)21(26)18-8-6-17(7-9-18)12-25-15-22-14-23-25/h2-9,14-15,19H,10-13H2,1H3/t19-/m1/s1. The molecule has 1 aliphatic heterocycles. The first kappa shape index (κ1) is 16.5. The number of hydrogen-bond donors (Lipinski definition) is 0. The third kappa shape index (κ3) is 3.38. The smallest absolute Gasteiger partial charge is 0.253 e. The average molecular weight is 346 g/mol. The maximum Gasteiger partial charge on any atom is 0.253 e. The molecular formula is C21H22N4O. The number of aryl methyl sites for hydroxylation is 1. The summed E-state index contributed by atoms with van der Waals surface area (Å²) < 4.78 is 1.77. The largest absolute Gasteiger partial charge is 0.338 e. The fourth-order valence-corrected chi connectivity index (χ4v) is 3.68.